The standard InChI is InChI=1S/C3BrI2N3/c4-1-7-2(5)9-3(6)8-1. The van der Waals surface area contributed by atoms with Crippen molar-refractivity contribution in [2.24, 2.45) is 0 Å². The van der Waals surface area contributed by atoms with Crippen molar-refractivity contribution < 1.29 is 0 Å². The van der Waals surface area contributed by atoms with Gasteiger partial charge in [0.05, 0.1) is 0 Å². The summed E-state index contributed by atoms with van der Waals surface area (Å²) in [6, 6.07) is 0. The highest BCUT2D eigenvalue weighted by Crippen LogP contribution is 2.05. The molecule has 0 aliphatic rings. The number of hydrogen-bond donors (Lipinski definition) is 0. The molecule has 0 saturated heterocycles. The first-order valence-electron chi connectivity index (χ1n) is 1.91. The molecule has 0 unspecified atom stereocenters. The fourth-order valence-electron chi connectivity index (χ4n) is 0.303. The van der Waals surface area contributed by atoms with Crippen molar-refractivity contribution in [1.29, 1.82) is 0 Å². The van der Waals surface area contributed by atoms with Crippen molar-refractivity contribution in [2.75, 3.05) is 0 Å². The maximum atomic E-state index is 3.96. The van der Waals surface area contributed by atoms with Crippen LogP contribution in [0.15, 0.2) is 4.73 Å². The molecule has 48 valence electrons. The molecule has 1 rings (SSSR count). The smallest absolute Gasteiger partial charge is 0.197 e. The molecule has 0 N–H and O–H groups in total. The van der Waals surface area contributed by atoms with E-state index >= 15 is 0 Å². The summed E-state index contributed by atoms with van der Waals surface area (Å²) in [7, 11) is 0. The fraction of sp³-hybridized carbons (Fsp3) is 0. The van der Waals surface area contributed by atoms with Gasteiger partial charge in [-0.3, -0.25) is 0 Å². The molecule has 3 nitrogen and oxygen atoms in total. The first-order valence-corrected chi connectivity index (χ1v) is 4.86. The molecule has 0 atom stereocenters. The number of nitrogens with zero attached hydrogens (tertiary/aromatic N) is 3. The SMILES string of the molecule is Brc1nc(I)nc(I)n1. The molecule has 0 aliphatic heterocycles. The molecule has 1 aromatic heterocycles. The van der Waals surface area contributed by atoms with Gasteiger partial charge in [0.25, 0.3) is 0 Å². The highest BCUT2D eigenvalue weighted by molar-refractivity contribution is 14.1. The third-order valence-corrected chi connectivity index (χ3v) is 1.87. The molecule has 0 aliphatic carbocycles. The zero-order valence-corrected chi connectivity index (χ0v) is 9.88. The molecule has 0 aromatic carbocycles. The third-order valence-electron chi connectivity index (χ3n) is 0.554. The van der Waals surface area contributed by atoms with Crippen molar-refractivity contribution in [1.82, 2.24) is 15.0 Å². The van der Waals surface area contributed by atoms with Crippen molar-refractivity contribution >= 4 is 61.1 Å². The van der Waals surface area contributed by atoms with Crippen LogP contribution in [0.25, 0.3) is 0 Å². The van der Waals surface area contributed by atoms with E-state index in [9.17, 15) is 0 Å². The monoisotopic (exact) mass is 411 g/mol. The predicted molar refractivity (Wildman–Crippen MR) is 53.0 cm³/mol. The molecule has 9 heavy (non-hydrogen) atoms. The summed E-state index contributed by atoms with van der Waals surface area (Å²) >= 11 is 7.21. The van der Waals surface area contributed by atoms with Gasteiger partial charge in [-0.1, -0.05) is 0 Å². The zero-order valence-electron chi connectivity index (χ0n) is 3.98. The van der Waals surface area contributed by atoms with Gasteiger partial charge in [0.1, 0.15) is 0 Å². The number of aromatic nitrogens is 3. The second-order valence-corrected chi connectivity index (χ2v) is 3.78. The summed E-state index contributed by atoms with van der Waals surface area (Å²) in [6.07, 6.45) is 0. The van der Waals surface area contributed by atoms with Crippen LogP contribution in [0.3, 0.4) is 0 Å². The summed E-state index contributed by atoms with van der Waals surface area (Å²) in [6.45, 7) is 0. The zero-order chi connectivity index (χ0) is 6.85. The van der Waals surface area contributed by atoms with E-state index < -0.39 is 0 Å². The van der Waals surface area contributed by atoms with Crippen LogP contribution < -0.4 is 0 Å². The Kier molecular flexibility index (Phi) is 3.02. The van der Waals surface area contributed by atoms with Crippen LogP contribution in [0, 0.1) is 7.66 Å². The summed E-state index contributed by atoms with van der Waals surface area (Å²) in [5.74, 6) is 0. The second kappa shape index (κ2) is 3.37. The number of rotatable bonds is 0. The molecule has 0 amide bonds. The van der Waals surface area contributed by atoms with Crippen molar-refractivity contribution in [3.63, 3.8) is 0 Å². The average molecular weight is 412 g/mol. The topological polar surface area (TPSA) is 38.7 Å². The van der Waals surface area contributed by atoms with Gasteiger partial charge >= 0.3 is 0 Å². The van der Waals surface area contributed by atoms with E-state index in [2.05, 4.69) is 30.9 Å². The van der Waals surface area contributed by atoms with Crippen LogP contribution >= 0.6 is 61.1 Å². The number of halogens is 3. The number of hydrogen-bond acceptors (Lipinski definition) is 3. The third kappa shape index (κ3) is 2.58. The Hall–Kier alpha value is 0.950. The van der Waals surface area contributed by atoms with Crippen LogP contribution in [0.1, 0.15) is 0 Å². The average Bonchev–Trinajstić information content (AvgIpc) is 1.59. The first-order chi connectivity index (χ1) is 4.18. The van der Waals surface area contributed by atoms with E-state index in [0.717, 1.165) is 0 Å². The molecule has 0 fully saturated rings. The fourth-order valence-corrected chi connectivity index (χ4v) is 2.68. The van der Waals surface area contributed by atoms with E-state index in [1.807, 2.05) is 45.2 Å². The Bertz CT molecular complexity index is 178. The Morgan fingerprint density at radius 3 is 1.78 bits per heavy atom. The molecule has 0 spiro atoms. The normalized spacial score (nSPS) is 9.67. The minimum absolute atomic E-state index is 0.589. The second-order valence-electron chi connectivity index (χ2n) is 1.14. The van der Waals surface area contributed by atoms with Crippen LogP contribution in [-0.2, 0) is 0 Å². The van der Waals surface area contributed by atoms with Gasteiger partial charge in [-0.15, -0.1) is 0 Å². The largest absolute Gasteiger partial charge is 0.201 e. The molecule has 6 heteroatoms. The molecule has 0 bridgehead atoms. The summed E-state index contributed by atoms with van der Waals surface area (Å²) in [5.41, 5.74) is 0. The van der Waals surface area contributed by atoms with Gasteiger partial charge in [0.15, 0.2) is 7.66 Å². The lowest BCUT2D eigenvalue weighted by Crippen LogP contribution is -1.94. The van der Waals surface area contributed by atoms with Gasteiger partial charge in [-0.2, -0.15) is 15.0 Å². The van der Waals surface area contributed by atoms with Crippen LogP contribution in [0.4, 0.5) is 0 Å². The Morgan fingerprint density at radius 1 is 1.00 bits per heavy atom. The van der Waals surface area contributed by atoms with Gasteiger partial charge in [-0.25, -0.2) is 0 Å². The summed E-state index contributed by atoms with van der Waals surface area (Å²) in [5, 5.41) is 0. The quantitative estimate of drug-likeness (QED) is 0.612. The van der Waals surface area contributed by atoms with Gasteiger partial charge in [0.2, 0.25) is 4.73 Å². The van der Waals surface area contributed by atoms with E-state index in [-0.39, 0.29) is 0 Å². The van der Waals surface area contributed by atoms with E-state index in [4.69, 9.17) is 0 Å². The van der Waals surface area contributed by atoms with Crippen LogP contribution in [-0.4, -0.2) is 15.0 Å². The highest BCUT2D eigenvalue weighted by Gasteiger charge is 1.96. The Balaban J connectivity index is 3.17. The molecular weight excluding hydrogens is 412 g/mol. The predicted octanol–water partition coefficient (Wildman–Crippen LogP) is 1.84. The lowest BCUT2D eigenvalue weighted by molar-refractivity contribution is 0.935. The Morgan fingerprint density at radius 2 is 1.44 bits per heavy atom. The molecule has 1 heterocycles. The highest BCUT2D eigenvalue weighted by atomic mass is 127. The minimum Gasteiger partial charge on any atom is -0.197 e. The lowest BCUT2D eigenvalue weighted by Gasteiger charge is -1.90. The van der Waals surface area contributed by atoms with Crippen LogP contribution in [0.2, 0.25) is 0 Å². The van der Waals surface area contributed by atoms with Crippen molar-refractivity contribution in [3.05, 3.63) is 12.4 Å². The van der Waals surface area contributed by atoms with E-state index in [1.54, 1.807) is 0 Å². The molecule has 0 radical (unpaired) electrons. The van der Waals surface area contributed by atoms with Gasteiger partial charge in [0, 0.05) is 45.2 Å². The van der Waals surface area contributed by atoms with Gasteiger partial charge < -0.3 is 0 Å². The van der Waals surface area contributed by atoms with Crippen molar-refractivity contribution in [2.45, 2.75) is 0 Å². The minimum atomic E-state index is 0.589. The Labute approximate surface area is 87.5 Å². The first kappa shape index (κ1) is 8.05. The van der Waals surface area contributed by atoms with E-state index in [0.29, 0.717) is 12.4 Å². The summed E-state index contributed by atoms with van der Waals surface area (Å²) in [4.78, 5) is 11.8. The summed E-state index contributed by atoms with van der Waals surface area (Å²) < 4.78 is 2.00. The lowest BCUT2D eigenvalue weighted by atomic mass is 11.1. The van der Waals surface area contributed by atoms with Gasteiger partial charge in [-0.05, 0) is 15.9 Å². The molecule has 0 saturated carbocycles. The maximum Gasteiger partial charge on any atom is 0.201 e. The molecule has 1 aromatic rings. The van der Waals surface area contributed by atoms with Crippen LogP contribution in [0.5, 0.6) is 0 Å². The van der Waals surface area contributed by atoms with Crippen molar-refractivity contribution in [3.8, 4) is 0 Å². The van der Waals surface area contributed by atoms with E-state index in [1.165, 1.54) is 0 Å². The maximum absolute atomic E-state index is 3.96. The molecular formula is C3BrI2N3.